The topological polar surface area (TPSA) is 43.4 Å². The number of hydrogen-bond donors (Lipinski definition) is 0. The molecule has 0 heterocycles. The van der Waals surface area contributed by atoms with E-state index >= 15 is 0 Å². The van der Waals surface area contributed by atoms with Crippen molar-refractivity contribution in [3.63, 3.8) is 0 Å². The van der Waals surface area contributed by atoms with E-state index in [-0.39, 0.29) is 10.6 Å². The summed E-state index contributed by atoms with van der Waals surface area (Å²) in [4.78, 5) is 0.0226. The first-order valence-corrected chi connectivity index (χ1v) is 8.56. The van der Waals surface area contributed by atoms with Crippen LogP contribution in [-0.4, -0.2) is 8.42 Å². The summed E-state index contributed by atoms with van der Waals surface area (Å²) in [6.45, 7) is 2.25. The van der Waals surface area contributed by atoms with Crippen LogP contribution in [0.5, 0.6) is 5.75 Å². The van der Waals surface area contributed by atoms with Gasteiger partial charge in [0.1, 0.15) is 17.3 Å². The predicted octanol–water partition coefficient (Wildman–Crippen LogP) is 3.76. The first kappa shape index (κ1) is 14.9. The highest BCUT2D eigenvalue weighted by molar-refractivity contribution is 8.13. The van der Waals surface area contributed by atoms with Gasteiger partial charge in [-0.2, -0.15) is 0 Å². The minimum atomic E-state index is -3.82. The number of benzene rings is 2. The van der Waals surface area contributed by atoms with Crippen LogP contribution in [0.1, 0.15) is 18.1 Å². The van der Waals surface area contributed by atoms with Crippen LogP contribution in [0, 0.1) is 0 Å². The fourth-order valence-electron chi connectivity index (χ4n) is 1.82. The molecule has 0 saturated carbocycles. The van der Waals surface area contributed by atoms with E-state index in [2.05, 4.69) is 0 Å². The van der Waals surface area contributed by atoms with E-state index in [9.17, 15) is 8.42 Å². The fourth-order valence-corrected chi connectivity index (χ4v) is 2.84. The molecule has 0 atom stereocenters. The van der Waals surface area contributed by atoms with Crippen LogP contribution in [-0.2, 0) is 22.1 Å². The first-order chi connectivity index (χ1) is 9.50. The summed E-state index contributed by atoms with van der Waals surface area (Å²) in [5, 5.41) is 0. The summed E-state index contributed by atoms with van der Waals surface area (Å²) in [7, 11) is 1.64. The highest BCUT2D eigenvalue weighted by Crippen LogP contribution is 2.29. The Bertz CT molecular complexity index is 682. The third-order valence-electron chi connectivity index (χ3n) is 2.92. The van der Waals surface area contributed by atoms with E-state index in [1.807, 2.05) is 43.3 Å². The zero-order valence-corrected chi connectivity index (χ0v) is 12.6. The van der Waals surface area contributed by atoms with Crippen LogP contribution < -0.4 is 4.74 Å². The van der Waals surface area contributed by atoms with Crippen LogP contribution in [0.3, 0.4) is 0 Å². The van der Waals surface area contributed by atoms with Gasteiger partial charge < -0.3 is 4.74 Å². The fraction of sp³-hybridized carbons (Fsp3) is 0.200. The minimum Gasteiger partial charge on any atom is -0.487 e. The van der Waals surface area contributed by atoms with Crippen molar-refractivity contribution in [3.05, 3.63) is 59.7 Å². The standard InChI is InChI=1S/C15H15ClO3S/c1-2-12-8-9-14(15(10-12)20(16,17)18)19-11-13-6-4-3-5-7-13/h3-10H,2,11H2,1H3. The molecule has 20 heavy (non-hydrogen) atoms. The van der Waals surface area contributed by atoms with E-state index in [4.69, 9.17) is 15.4 Å². The molecule has 0 aliphatic rings. The number of aryl methyl sites for hydroxylation is 1. The molecule has 0 aliphatic carbocycles. The lowest BCUT2D eigenvalue weighted by atomic mass is 10.2. The Kier molecular flexibility index (Phi) is 4.68. The second-order valence-corrected chi connectivity index (χ2v) is 6.88. The molecule has 0 aliphatic heterocycles. The van der Waals surface area contributed by atoms with Gasteiger partial charge in [0.05, 0.1) is 0 Å². The third-order valence-corrected chi connectivity index (χ3v) is 4.26. The summed E-state index contributed by atoms with van der Waals surface area (Å²) >= 11 is 0. The Morgan fingerprint density at radius 3 is 2.35 bits per heavy atom. The minimum absolute atomic E-state index is 0.0226. The Morgan fingerprint density at radius 1 is 1.05 bits per heavy atom. The average molecular weight is 311 g/mol. The number of halogens is 1. The maximum atomic E-state index is 11.6. The average Bonchev–Trinajstić information content (AvgIpc) is 2.45. The van der Waals surface area contributed by atoms with Gasteiger partial charge in [-0.05, 0) is 29.7 Å². The molecule has 0 aromatic heterocycles. The zero-order valence-electron chi connectivity index (χ0n) is 11.0. The monoisotopic (exact) mass is 310 g/mol. The highest BCUT2D eigenvalue weighted by atomic mass is 35.7. The van der Waals surface area contributed by atoms with E-state index < -0.39 is 9.05 Å². The van der Waals surface area contributed by atoms with Crippen molar-refractivity contribution < 1.29 is 13.2 Å². The van der Waals surface area contributed by atoms with Crippen molar-refractivity contribution in [1.82, 2.24) is 0 Å². The Labute approximate surface area is 123 Å². The summed E-state index contributed by atoms with van der Waals surface area (Å²) < 4.78 is 28.8. The van der Waals surface area contributed by atoms with E-state index in [1.165, 1.54) is 0 Å². The van der Waals surface area contributed by atoms with E-state index in [0.717, 1.165) is 17.5 Å². The maximum absolute atomic E-state index is 11.6. The van der Waals surface area contributed by atoms with Gasteiger partial charge >= 0.3 is 0 Å². The third kappa shape index (κ3) is 3.74. The molecule has 2 rings (SSSR count). The normalized spacial score (nSPS) is 11.3. The van der Waals surface area contributed by atoms with Gasteiger partial charge in [0.25, 0.3) is 9.05 Å². The van der Waals surface area contributed by atoms with Crippen molar-refractivity contribution in [3.8, 4) is 5.75 Å². The summed E-state index contributed by atoms with van der Waals surface area (Å²) in [5.74, 6) is 0.279. The molecule has 0 unspecified atom stereocenters. The van der Waals surface area contributed by atoms with Crippen LogP contribution in [0.15, 0.2) is 53.4 Å². The van der Waals surface area contributed by atoms with Gasteiger partial charge in [-0.15, -0.1) is 0 Å². The first-order valence-electron chi connectivity index (χ1n) is 6.25. The molecule has 0 saturated heterocycles. The Balaban J connectivity index is 2.27. The quantitative estimate of drug-likeness (QED) is 0.790. The van der Waals surface area contributed by atoms with Gasteiger partial charge in [0, 0.05) is 10.7 Å². The largest absolute Gasteiger partial charge is 0.487 e. The molecule has 106 valence electrons. The Morgan fingerprint density at radius 2 is 1.75 bits per heavy atom. The second kappa shape index (κ2) is 6.29. The van der Waals surface area contributed by atoms with Crippen molar-refractivity contribution in [2.75, 3.05) is 0 Å². The lowest BCUT2D eigenvalue weighted by Crippen LogP contribution is -2.01. The number of ether oxygens (including phenoxy) is 1. The lowest BCUT2D eigenvalue weighted by Gasteiger charge is -2.11. The zero-order chi connectivity index (χ0) is 14.6. The molecule has 2 aromatic rings. The van der Waals surface area contributed by atoms with Crippen molar-refractivity contribution in [2.24, 2.45) is 0 Å². The molecule has 2 aromatic carbocycles. The predicted molar refractivity (Wildman–Crippen MR) is 79.6 cm³/mol. The van der Waals surface area contributed by atoms with Crippen LogP contribution in [0.25, 0.3) is 0 Å². The molecule has 0 fully saturated rings. The Hall–Kier alpha value is -1.52. The van der Waals surface area contributed by atoms with Gasteiger partial charge in [-0.3, -0.25) is 0 Å². The van der Waals surface area contributed by atoms with Crippen LogP contribution >= 0.6 is 10.7 Å². The molecular weight excluding hydrogens is 296 g/mol. The molecule has 0 amide bonds. The van der Waals surface area contributed by atoms with Crippen molar-refractivity contribution in [1.29, 1.82) is 0 Å². The number of rotatable bonds is 5. The second-order valence-electron chi connectivity index (χ2n) is 4.35. The van der Waals surface area contributed by atoms with Gasteiger partial charge in [0.15, 0.2) is 0 Å². The van der Waals surface area contributed by atoms with E-state index in [1.54, 1.807) is 12.1 Å². The molecule has 5 heteroatoms. The molecule has 0 radical (unpaired) electrons. The molecular formula is C15H15ClO3S. The van der Waals surface area contributed by atoms with E-state index in [0.29, 0.717) is 6.61 Å². The molecule has 0 bridgehead atoms. The smallest absolute Gasteiger partial charge is 0.264 e. The maximum Gasteiger partial charge on any atom is 0.264 e. The highest BCUT2D eigenvalue weighted by Gasteiger charge is 2.17. The number of hydrogen-bond acceptors (Lipinski definition) is 3. The SMILES string of the molecule is CCc1ccc(OCc2ccccc2)c(S(=O)(=O)Cl)c1. The van der Waals surface area contributed by atoms with Crippen LogP contribution in [0.2, 0.25) is 0 Å². The molecule has 0 spiro atoms. The van der Waals surface area contributed by atoms with Gasteiger partial charge in [-0.1, -0.05) is 43.3 Å². The summed E-state index contributed by atoms with van der Waals surface area (Å²) in [5.41, 5.74) is 1.86. The molecule has 0 N–H and O–H groups in total. The van der Waals surface area contributed by atoms with Crippen molar-refractivity contribution in [2.45, 2.75) is 24.8 Å². The van der Waals surface area contributed by atoms with Crippen LogP contribution in [0.4, 0.5) is 0 Å². The van der Waals surface area contributed by atoms with Gasteiger partial charge in [0.2, 0.25) is 0 Å². The summed E-state index contributed by atoms with van der Waals surface area (Å²) in [6, 6.07) is 14.6. The van der Waals surface area contributed by atoms with Gasteiger partial charge in [-0.25, -0.2) is 8.42 Å². The molecule has 3 nitrogen and oxygen atoms in total. The lowest BCUT2D eigenvalue weighted by molar-refractivity contribution is 0.298. The van der Waals surface area contributed by atoms with Crippen molar-refractivity contribution >= 4 is 19.7 Å². The summed E-state index contributed by atoms with van der Waals surface area (Å²) in [6.07, 6.45) is 0.734.